The van der Waals surface area contributed by atoms with Crippen molar-refractivity contribution in [2.75, 3.05) is 6.26 Å². The van der Waals surface area contributed by atoms with Crippen LogP contribution in [-0.2, 0) is 13.1 Å². The van der Waals surface area contributed by atoms with Gasteiger partial charge in [-0.15, -0.1) is 10.2 Å². The Kier molecular flexibility index (Phi) is 4.57. The van der Waals surface area contributed by atoms with Gasteiger partial charge in [0, 0.05) is 0 Å². The highest BCUT2D eigenvalue weighted by Crippen LogP contribution is 2.16. The van der Waals surface area contributed by atoms with Gasteiger partial charge in [0.25, 0.3) is 0 Å². The maximum absolute atomic E-state index is 12.9. The lowest BCUT2D eigenvalue weighted by Crippen LogP contribution is -2.22. The lowest BCUT2D eigenvalue weighted by molar-refractivity contribution is 0.193. The third kappa shape index (κ3) is 3.47. The Morgan fingerprint density at radius 1 is 1.40 bits per heavy atom. The summed E-state index contributed by atoms with van der Waals surface area (Å²) in [6.07, 6.45) is 0.742. The molecule has 0 spiro atoms. The van der Waals surface area contributed by atoms with Crippen LogP contribution < -0.4 is 5.32 Å². The van der Waals surface area contributed by atoms with E-state index in [1.54, 1.807) is 16.7 Å². The number of benzene rings is 1. The lowest BCUT2D eigenvalue weighted by Gasteiger charge is -2.09. The highest BCUT2D eigenvalue weighted by Gasteiger charge is 2.12. The third-order valence-corrected chi connectivity index (χ3v) is 3.29. The average Bonchev–Trinajstić information content (AvgIpc) is 2.81. The Labute approximate surface area is 119 Å². The Morgan fingerprint density at radius 3 is 2.70 bits per heavy atom. The molecule has 1 aromatic heterocycles. The van der Waals surface area contributed by atoms with Crippen LogP contribution in [0.4, 0.5) is 9.18 Å². The molecule has 6 nitrogen and oxygen atoms in total. The molecule has 0 bridgehead atoms. The quantitative estimate of drug-likeness (QED) is 0.824. The zero-order valence-electron chi connectivity index (χ0n) is 10.7. The first-order valence-corrected chi connectivity index (χ1v) is 7.00. The molecule has 20 heavy (non-hydrogen) atoms. The predicted molar refractivity (Wildman–Crippen MR) is 72.2 cm³/mol. The first-order valence-electron chi connectivity index (χ1n) is 5.77. The van der Waals surface area contributed by atoms with Crippen LogP contribution in [0.1, 0.15) is 11.4 Å². The normalized spacial score (nSPS) is 10.5. The van der Waals surface area contributed by atoms with E-state index >= 15 is 0 Å². The molecule has 0 aliphatic carbocycles. The van der Waals surface area contributed by atoms with Crippen molar-refractivity contribution in [2.24, 2.45) is 0 Å². The number of halogens is 1. The summed E-state index contributed by atoms with van der Waals surface area (Å²) in [7, 11) is 0. The smallest absolute Gasteiger partial charge is 0.405 e. The second-order valence-corrected chi connectivity index (χ2v) is 4.75. The minimum Gasteiger partial charge on any atom is -0.465 e. The van der Waals surface area contributed by atoms with Gasteiger partial charge >= 0.3 is 6.09 Å². The fourth-order valence-electron chi connectivity index (χ4n) is 1.69. The maximum Gasteiger partial charge on any atom is 0.405 e. The van der Waals surface area contributed by atoms with E-state index in [0.29, 0.717) is 17.5 Å². The van der Waals surface area contributed by atoms with E-state index in [4.69, 9.17) is 5.11 Å². The number of nitrogens with one attached hydrogen (secondary N) is 1. The van der Waals surface area contributed by atoms with E-state index in [0.717, 1.165) is 5.56 Å². The van der Waals surface area contributed by atoms with Gasteiger partial charge in [-0.25, -0.2) is 9.18 Å². The minimum atomic E-state index is -1.12. The van der Waals surface area contributed by atoms with E-state index in [2.05, 4.69) is 15.5 Å². The molecule has 0 aliphatic rings. The summed E-state index contributed by atoms with van der Waals surface area (Å²) >= 11 is 1.41. The first kappa shape index (κ1) is 14.3. The third-order valence-electron chi connectivity index (χ3n) is 2.63. The van der Waals surface area contributed by atoms with Gasteiger partial charge in [-0.2, -0.15) is 0 Å². The summed E-state index contributed by atoms with van der Waals surface area (Å²) in [6.45, 7) is 0.532. The number of aromatic nitrogens is 3. The van der Waals surface area contributed by atoms with Crippen molar-refractivity contribution in [1.82, 2.24) is 20.1 Å². The topological polar surface area (TPSA) is 80.0 Å². The molecule has 0 fully saturated rings. The number of carboxylic acid groups (broad SMARTS) is 1. The molecule has 0 unspecified atom stereocenters. The Bertz CT molecular complexity index is 600. The monoisotopic (exact) mass is 296 g/mol. The zero-order valence-corrected chi connectivity index (χ0v) is 11.5. The summed E-state index contributed by atoms with van der Waals surface area (Å²) in [4.78, 5) is 10.5. The van der Waals surface area contributed by atoms with Gasteiger partial charge in [0.05, 0.1) is 13.1 Å². The molecule has 0 saturated carbocycles. The molecule has 0 atom stereocenters. The molecule has 1 aromatic carbocycles. The van der Waals surface area contributed by atoms with Gasteiger partial charge in [-0.05, 0) is 24.0 Å². The van der Waals surface area contributed by atoms with Crippen LogP contribution in [-0.4, -0.2) is 32.2 Å². The number of thioether (sulfide) groups is 1. The molecule has 0 saturated heterocycles. The molecular formula is C12H13FN4O2S. The molecule has 106 valence electrons. The predicted octanol–water partition coefficient (Wildman–Crippen LogP) is 1.95. The van der Waals surface area contributed by atoms with Crippen LogP contribution in [0, 0.1) is 5.82 Å². The number of hydrogen-bond donors (Lipinski definition) is 2. The standard InChI is InChI=1S/C12H13FN4O2S/c1-20-11-16-15-10(6-14-12(18)19)17(11)7-8-2-4-9(13)5-3-8/h2-5,14H,6-7H2,1H3,(H,18,19). The van der Waals surface area contributed by atoms with E-state index in [9.17, 15) is 9.18 Å². The van der Waals surface area contributed by atoms with Gasteiger partial charge in [0.1, 0.15) is 5.82 Å². The highest BCUT2D eigenvalue weighted by molar-refractivity contribution is 7.98. The van der Waals surface area contributed by atoms with Gasteiger partial charge in [0.15, 0.2) is 11.0 Å². The molecule has 1 heterocycles. The second kappa shape index (κ2) is 6.38. The summed E-state index contributed by atoms with van der Waals surface area (Å²) in [6, 6.07) is 6.11. The number of nitrogens with zero attached hydrogens (tertiary/aromatic N) is 3. The zero-order chi connectivity index (χ0) is 14.5. The van der Waals surface area contributed by atoms with Gasteiger partial charge in [0.2, 0.25) is 0 Å². The molecule has 0 aliphatic heterocycles. The van der Waals surface area contributed by atoms with Gasteiger partial charge in [-0.1, -0.05) is 23.9 Å². The number of rotatable bonds is 5. The Hall–Kier alpha value is -2.09. The Balaban J connectivity index is 2.21. The van der Waals surface area contributed by atoms with Crippen molar-refractivity contribution in [3.63, 3.8) is 0 Å². The van der Waals surface area contributed by atoms with Crippen LogP contribution in [0.15, 0.2) is 29.4 Å². The van der Waals surface area contributed by atoms with Crippen molar-refractivity contribution in [3.05, 3.63) is 41.5 Å². The van der Waals surface area contributed by atoms with Crippen molar-refractivity contribution >= 4 is 17.9 Å². The average molecular weight is 296 g/mol. The summed E-state index contributed by atoms with van der Waals surface area (Å²) in [5, 5.41) is 19.5. The lowest BCUT2D eigenvalue weighted by atomic mass is 10.2. The molecule has 8 heteroatoms. The summed E-state index contributed by atoms with van der Waals surface area (Å²) < 4.78 is 14.7. The van der Waals surface area contributed by atoms with Crippen molar-refractivity contribution in [2.45, 2.75) is 18.2 Å². The summed E-state index contributed by atoms with van der Waals surface area (Å²) in [5.74, 6) is 0.219. The summed E-state index contributed by atoms with van der Waals surface area (Å²) in [5.41, 5.74) is 0.887. The van der Waals surface area contributed by atoms with E-state index in [1.165, 1.54) is 23.9 Å². The van der Waals surface area contributed by atoms with Gasteiger partial charge in [-0.3, -0.25) is 0 Å². The Morgan fingerprint density at radius 2 is 2.10 bits per heavy atom. The van der Waals surface area contributed by atoms with E-state index in [1.807, 2.05) is 6.26 Å². The van der Waals surface area contributed by atoms with Crippen molar-refractivity contribution in [3.8, 4) is 0 Å². The van der Waals surface area contributed by atoms with Crippen LogP contribution in [0.5, 0.6) is 0 Å². The van der Waals surface area contributed by atoms with Gasteiger partial charge < -0.3 is 15.0 Å². The molecule has 0 radical (unpaired) electrons. The van der Waals surface area contributed by atoms with Crippen LogP contribution in [0.3, 0.4) is 0 Å². The first-order chi connectivity index (χ1) is 9.60. The van der Waals surface area contributed by atoms with E-state index in [-0.39, 0.29) is 12.4 Å². The number of amides is 1. The minimum absolute atomic E-state index is 0.0735. The fraction of sp³-hybridized carbons (Fsp3) is 0.250. The molecule has 2 rings (SSSR count). The number of carbonyl (C=O) groups is 1. The van der Waals surface area contributed by atoms with Crippen LogP contribution >= 0.6 is 11.8 Å². The molecule has 2 aromatic rings. The SMILES string of the molecule is CSc1nnc(CNC(=O)O)n1Cc1ccc(F)cc1. The van der Waals surface area contributed by atoms with Crippen molar-refractivity contribution < 1.29 is 14.3 Å². The molecular weight excluding hydrogens is 283 g/mol. The van der Waals surface area contributed by atoms with E-state index < -0.39 is 6.09 Å². The molecule has 1 amide bonds. The van der Waals surface area contributed by atoms with Crippen molar-refractivity contribution in [1.29, 1.82) is 0 Å². The fourth-order valence-corrected chi connectivity index (χ4v) is 2.20. The van der Waals surface area contributed by atoms with Crippen LogP contribution in [0.2, 0.25) is 0 Å². The second-order valence-electron chi connectivity index (χ2n) is 3.97. The maximum atomic E-state index is 12.9. The number of hydrogen-bond acceptors (Lipinski definition) is 4. The highest BCUT2D eigenvalue weighted by atomic mass is 32.2. The molecule has 2 N–H and O–H groups in total. The van der Waals surface area contributed by atoms with Crippen LogP contribution in [0.25, 0.3) is 0 Å². The largest absolute Gasteiger partial charge is 0.465 e.